The van der Waals surface area contributed by atoms with E-state index in [2.05, 4.69) is 28.8 Å². The van der Waals surface area contributed by atoms with Crippen molar-refractivity contribution in [1.82, 2.24) is 15.0 Å². The molecule has 0 saturated heterocycles. The van der Waals surface area contributed by atoms with Gasteiger partial charge in [-0.25, -0.2) is 19.3 Å². The van der Waals surface area contributed by atoms with Gasteiger partial charge in [-0.3, -0.25) is 0 Å². The summed E-state index contributed by atoms with van der Waals surface area (Å²) in [5, 5.41) is 0. The van der Waals surface area contributed by atoms with Crippen LogP contribution in [0.15, 0.2) is 42.9 Å². The van der Waals surface area contributed by atoms with Crippen LogP contribution in [0.5, 0.6) is 11.6 Å². The van der Waals surface area contributed by atoms with E-state index in [0.29, 0.717) is 36.0 Å². The van der Waals surface area contributed by atoms with E-state index in [1.54, 1.807) is 12.3 Å². The van der Waals surface area contributed by atoms with E-state index in [9.17, 15) is 8.78 Å². The van der Waals surface area contributed by atoms with Crippen molar-refractivity contribution < 1.29 is 18.3 Å². The molecular formula is C29H37F2N3O2. The number of benzene rings is 1. The third-order valence-corrected chi connectivity index (χ3v) is 6.01. The highest BCUT2D eigenvalue weighted by molar-refractivity contribution is 5.65. The van der Waals surface area contributed by atoms with Crippen LogP contribution in [0, 0.1) is 11.6 Å². The molecule has 0 radical (unpaired) electrons. The van der Waals surface area contributed by atoms with Gasteiger partial charge in [0.05, 0.1) is 13.2 Å². The predicted octanol–water partition coefficient (Wildman–Crippen LogP) is 8.18. The molecule has 0 spiro atoms. The molecule has 0 aliphatic carbocycles. The second kappa shape index (κ2) is 15.1. The fraction of sp³-hybridized carbons (Fsp3) is 0.483. The number of pyridine rings is 1. The quantitative estimate of drug-likeness (QED) is 0.187. The fourth-order valence-electron chi connectivity index (χ4n) is 3.85. The van der Waals surface area contributed by atoms with E-state index in [-0.39, 0.29) is 11.3 Å². The van der Waals surface area contributed by atoms with Gasteiger partial charge in [-0.2, -0.15) is 4.39 Å². The van der Waals surface area contributed by atoms with E-state index < -0.39 is 11.6 Å². The zero-order valence-corrected chi connectivity index (χ0v) is 21.4. The molecule has 3 aromatic rings. The minimum absolute atomic E-state index is 0.0684. The molecule has 0 aliphatic heterocycles. The van der Waals surface area contributed by atoms with Gasteiger partial charge in [-0.1, -0.05) is 65.2 Å². The molecule has 0 unspecified atom stereocenters. The number of unbranched alkanes of at least 4 members (excludes halogenated alkanes) is 8. The molecule has 0 amide bonds. The maximum Gasteiger partial charge on any atom is 0.213 e. The van der Waals surface area contributed by atoms with Crippen molar-refractivity contribution in [3.05, 3.63) is 54.5 Å². The second-order valence-corrected chi connectivity index (χ2v) is 8.95. The Kier molecular flexibility index (Phi) is 11.5. The maximum atomic E-state index is 14.8. The van der Waals surface area contributed by atoms with Crippen LogP contribution in [0.25, 0.3) is 22.5 Å². The van der Waals surface area contributed by atoms with E-state index in [1.807, 2.05) is 6.07 Å². The molecule has 0 saturated carbocycles. The molecular weight excluding hydrogens is 460 g/mol. The number of halogens is 2. The molecule has 0 N–H and O–H groups in total. The Bertz CT molecular complexity index is 1040. The summed E-state index contributed by atoms with van der Waals surface area (Å²) >= 11 is 0. The van der Waals surface area contributed by atoms with E-state index in [4.69, 9.17) is 9.47 Å². The molecule has 2 aromatic heterocycles. The van der Waals surface area contributed by atoms with E-state index >= 15 is 0 Å². The number of aromatic nitrogens is 3. The van der Waals surface area contributed by atoms with Crippen LogP contribution in [0.2, 0.25) is 0 Å². The summed E-state index contributed by atoms with van der Waals surface area (Å²) in [5.41, 5.74) is 1.19. The molecule has 194 valence electrons. The number of hydrogen-bond acceptors (Lipinski definition) is 5. The van der Waals surface area contributed by atoms with Crippen molar-refractivity contribution >= 4 is 0 Å². The fourth-order valence-corrected chi connectivity index (χ4v) is 3.85. The van der Waals surface area contributed by atoms with Crippen molar-refractivity contribution in [3.8, 4) is 34.1 Å². The summed E-state index contributed by atoms with van der Waals surface area (Å²) in [6, 6.07) is 6.58. The molecule has 0 bridgehead atoms. The van der Waals surface area contributed by atoms with Crippen molar-refractivity contribution in [2.45, 2.75) is 78.1 Å². The van der Waals surface area contributed by atoms with Crippen LogP contribution < -0.4 is 9.47 Å². The first-order valence-electron chi connectivity index (χ1n) is 13.2. The first-order chi connectivity index (χ1) is 17.6. The predicted molar refractivity (Wildman–Crippen MR) is 139 cm³/mol. The van der Waals surface area contributed by atoms with Gasteiger partial charge < -0.3 is 9.47 Å². The normalized spacial score (nSPS) is 11.0. The number of ether oxygens (including phenoxy) is 2. The zero-order valence-electron chi connectivity index (χ0n) is 21.4. The molecule has 36 heavy (non-hydrogen) atoms. The van der Waals surface area contributed by atoms with Crippen LogP contribution in [0.3, 0.4) is 0 Å². The van der Waals surface area contributed by atoms with Gasteiger partial charge in [0.15, 0.2) is 17.4 Å². The van der Waals surface area contributed by atoms with Crippen LogP contribution >= 0.6 is 0 Å². The van der Waals surface area contributed by atoms with Crippen molar-refractivity contribution in [2.75, 3.05) is 13.2 Å². The topological polar surface area (TPSA) is 57.1 Å². The van der Waals surface area contributed by atoms with Gasteiger partial charge in [0.1, 0.15) is 0 Å². The Morgan fingerprint density at radius 2 is 1.22 bits per heavy atom. The number of hydrogen-bond donors (Lipinski definition) is 0. The molecule has 2 heterocycles. The Morgan fingerprint density at radius 1 is 0.611 bits per heavy atom. The van der Waals surface area contributed by atoms with Crippen LogP contribution in [0.1, 0.15) is 78.1 Å². The minimum Gasteiger partial charge on any atom is -0.490 e. The monoisotopic (exact) mass is 497 g/mol. The SMILES string of the molecule is CCCCCCCCOc1ccc(-c2cnc(-c3ccc(OCCCCCC)nc3)nc2)c(F)c1F. The minimum atomic E-state index is -0.989. The zero-order chi connectivity index (χ0) is 25.6. The first-order valence-corrected chi connectivity index (χ1v) is 13.2. The summed E-state index contributed by atoms with van der Waals surface area (Å²) in [4.78, 5) is 13.0. The maximum absolute atomic E-state index is 14.8. The Hall–Kier alpha value is -3.09. The molecule has 3 rings (SSSR count). The largest absolute Gasteiger partial charge is 0.490 e. The molecule has 0 atom stereocenters. The molecule has 0 aliphatic rings. The van der Waals surface area contributed by atoms with Gasteiger partial charge in [0.2, 0.25) is 11.7 Å². The summed E-state index contributed by atoms with van der Waals surface area (Å²) in [6.45, 7) is 5.36. The molecule has 5 nitrogen and oxygen atoms in total. The number of rotatable bonds is 16. The summed E-state index contributed by atoms with van der Waals surface area (Å²) < 4.78 is 40.5. The van der Waals surface area contributed by atoms with Gasteiger partial charge >= 0.3 is 0 Å². The highest BCUT2D eigenvalue weighted by Crippen LogP contribution is 2.30. The van der Waals surface area contributed by atoms with E-state index in [1.165, 1.54) is 56.6 Å². The molecule has 1 aromatic carbocycles. The van der Waals surface area contributed by atoms with Gasteiger partial charge in [-0.15, -0.1) is 0 Å². The Labute approximate surface area is 213 Å². The Balaban J connectivity index is 1.55. The lowest BCUT2D eigenvalue weighted by molar-refractivity contribution is 0.285. The standard InChI is InChI=1S/C29H37F2N3O2/c1-3-5-7-9-10-12-17-35-25-15-14-24(27(30)28(25)31)23-20-33-29(34-21-23)22-13-16-26(32-19-22)36-18-11-8-6-4-2/h13-16,19-21H,3-12,17-18H2,1-2H3. The van der Waals surface area contributed by atoms with Gasteiger partial charge in [0, 0.05) is 41.3 Å². The van der Waals surface area contributed by atoms with Crippen molar-refractivity contribution in [3.63, 3.8) is 0 Å². The van der Waals surface area contributed by atoms with Crippen molar-refractivity contribution in [2.24, 2.45) is 0 Å². The van der Waals surface area contributed by atoms with Crippen LogP contribution in [0.4, 0.5) is 8.78 Å². The average Bonchev–Trinajstić information content (AvgIpc) is 2.91. The average molecular weight is 498 g/mol. The number of nitrogens with zero attached hydrogens (tertiary/aromatic N) is 3. The first kappa shape index (κ1) is 27.5. The highest BCUT2D eigenvalue weighted by Gasteiger charge is 2.16. The summed E-state index contributed by atoms with van der Waals surface area (Å²) in [7, 11) is 0. The molecule has 0 fully saturated rings. The third-order valence-electron chi connectivity index (χ3n) is 6.01. The lowest BCUT2D eigenvalue weighted by atomic mass is 10.1. The van der Waals surface area contributed by atoms with Gasteiger partial charge in [0.25, 0.3) is 0 Å². The smallest absolute Gasteiger partial charge is 0.213 e. The summed E-state index contributed by atoms with van der Waals surface area (Å²) in [5.74, 6) is -1.02. The third kappa shape index (κ3) is 8.25. The van der Waals surface area contributed by atoms with Gasteiger partial charge in [-0.05, 0) is 31.0 Å². The Morgan fingerprint density at radius 3 is 1.89 bits per heavy atom. The highest BCUT2D eigenvalue weighted by atomic mass is 19.2. The van der Waals surface area contributed by atoms with Crippen LogP contribution in [-0.2, 0) is 0 Å². The summed E-state index contributed by atoms with van der Waals surface area (Å²) in [6.07, 6.45) is 15.8. The lowest BCUT2D eigenvalue weighted by Gasteiger charge is -2.11. The lowest BCUT2D eigenvalue weighted by Crippen LogP contribution is -2.02. The van der Waals surface area contributed by atoms with Crippen molar-refractivity contribution in [1.29, 1.82) is 0 Å². The molecule has 7 heteroatoms. The second-order valence-electron chi connectivity index (χ2n) is 8.95. The van der Waals surface area contributed by atoms with E-state index in [0.717, 1.165) is 32.1 Å². The van der Waals surface area contributed by atoms with Crippen LogP contribution in [-0.4, -0.2) is 28.2 Å².